The van der Waals surface area contributed by atoms with E-state index >= 15 is 0 Å². The Bertz CT molecular complexity index is 903. The van der Waals surface area contributed by atoms with Crippen molar-refractivity contribution >= 4 is 21.7 Å². The second-order valence-electron chi connectivity index (χ2n) is 5.80. The Balaban J connectivity index is 1.99. The van der Waals surface area contributed by atoms with Gasteiger partial charge in [0.05, 0.1) is 27.5 Å². The smallest absolute Gasteiger partial charge is 0.180 e. The van der Waals surface area contributed by atoms with Gasteiger partial charge in [-0.2, -0.15) is 5.10 Å². The number of aryl methyl sites for hydroxylation is 1. The molecule has 0 fully saturated rings. The van der Waals surface area contributed by atoms with Crippen LogP contribution in [-0.2, 0) is 6.42 Å². The maximum Gasteiger partial charge on any atom is 0.180 e. The highest BCUT2D eigenvalue weighted by Crippen LogP contribution is 2.35. The Hall–Kier alpha value is -2.27. The summed E-state index contributed by atoms with van der Waals surface area (Å²) in [5, 5.41) is 4.69. The summed E-state index contributed by atoms with van der Waals surface area (Å²) in [4.78, 5) is 12.6. The zero-order chi connectivity index (χ0) is 16.7. The number of rotatable bonds is 2. The molecule has 1 heterocycles. The van der Waals surface area contributed by atoms with Gasteiger partial charge >= 0.3 is 0 Å². The Morgan fingerprint density at radius 1 is 1.08 bits per heavy atom. The van der Waals surface area contributed by atoms with Gasteiger partial charge in [0.25, 0.3) is 0 Å². The Kier molecular flexibility index (Phi) is 3.81. The van der Waals surface area contributed by atoms with Crippen LogP contribution in [0.5, 0.6) is 0 Å². The highest BCUT2D eigenvalue weighted by Gasteiger charge is 2.33. The third-order valence-corrected chi connectivity index (χ3v) is 5.12. The van der Waals surface area contributed by atoms with Gasteiger partial charge in [0.15, 0.2) is 5.78 Å². The summed E-state index contributed by atoms with van der Waals surface area (Å²) in [5.74, 6) is -0.263. The standard InChI is InChI=1S/C19H14BrFN2O/c20-15-10-11-16-17(19(15)24)18(12-6-8-13(21)9-7-12)23(22-16)14-4-2-1-3-5-14/h1-9,15H,10-11H2. The molecular weight excluding hydrogens is 371 g/mol. The lowest BCUT2D eigenvalue weighted by molar-refractivity contribution is 0.0982. The monoisotopic (exact) mass is 384 g/mol. The van der Waals surface area contributed by atoms with Gasteiger partial charge < -0.3 is 0 Å². The fourth-order valence-electron chi connectivity index (χ4n) is 3.08. The van der Waals surface area contributed by atoms with E-state index < -0.39 is 0 Å². The molecule has 0 saturated carbocycles. The molecule has 1 atom stereocenters. The molecule has 3 aromatic rings. The van der Waals surface area contributed by atoms with Crippen molar-refractivity contribution in [3.8, 4) is 16.9 Å². The van der Waals surface area contributed by atoms with E-state index in [4.69, 9.17) is 0 Å². The van der Waals surface area contributed by atoms with E-state index in [2.05, 4.69) is 21.0 Å². The minimum atomic E-state index is -0.303. The molecule has 120 valence electrons. The normalized spacial score (nSPS) is 16.9. The first-order valence-electron chi connectivity index (χ1n) is 7.76. The SMILES string of the molecule is O=C1c2c(nn(-c3ccccc3)c2-c2ccc(F)cc2)CCC1Br. The summed E-state index contributed by atoms with van der Waals surface area (Å²) in [6.07, 6.45) is 1.48. The first-order chi connectivity index (χ1) is 11.6. The van der Waals surface area contributed by atoms with Gasteiger partial charge in [0.1, 0.15) is 5.82 Å². The van der Waals surface area contributed by atoms with E-state index in [1.165, 1.54) is 12.1 Å². The van der Waals surface area contributed by atoms with Crippen molar-refractivity contribution < 1.29 is 9.18 Å². The van der Waals surface area contributed by atoms with Gasteiger partial charge in [-0.3, -0.25) is 4.79 Å². The lowest BCUT2D eigenvalue weighted by Gasteiger charge is -2.16. The Labute approximate surface area is 147 Å². The van der Waals surface area contributed by atoms with Crippen LogP contribution in [-0.4, -0.2) is 20.4 Å². The summed E-state index contributed by atoms with van der Waals surface area (Å²) >= 11 is 3.46. The number of Topliss-reactive ketones (excluding diaryl/α,β-unsaturated/α-hetero) is 1. The zero-order valence-corrected chi connectivity index (χ0v) is 14.3. The third-order valence-electron chi connectivity index (χ3n) is 4.24. The number of ketones is 1. The molecule has 2 aromatic carbocycles. The molecule has 24 heavy (non-hydrogen) atoms. The number of benzene rings is 2. The van der Waals surface area contributed by atoms with Crippen LogP contribution in [0.3, 0.4) is 0 Å². The average Bonchev–Trinajstić information content (AvgIpc) is 3.00. The van der Waals surface area contributed by atoms with Crippen LogP contribution in [0.4, 0.5) is 4.39 Å². The minimum Gasteiger partial charge on any atom is -0.293 e. The van der Waals surface area contributed by atoms with Gasteiger partial charge in [-0.15, -0.1) is 0 Å². The van der Waals surface area contributed by atoms with Crippen molar-refractivity contribution in [3.05, 3.63) is 71.7 Å². The Morgan fingerprint density at radius 2 is 1.79 bits per heavy atom. The van der Waals surface area contributed by atoms with Gasteiger partial charge in [-0.25, -0.2) is 9.07 Å². The minimum absolute atomic E-state index is 0.0396. The highest BCUT2D eigenvalue weighted by atomic mass is 79.9. The van der Waals surface area contributed by atoms with Crippen molar-refractivity contribution in [2.75, 3.05) is 0 Å². The van der Waals surface area contributed by atoms with E-state index in [0.717, 1.165) is 35.5 Å². The second-order valence-corrected chi connectivity index (χ2v) is 6.90. The van der Waals surface area contributed by atoms with Gasteiger partial charge in [-0.05, 0) is 49.2 Å². The largest absolute Gasteiger partial charge is 0.293 e. The molecule has 1 aliphatic rings. The first-order valence-corrected chi connectivity index (χ1v) is 8.68. The second kappa shape index (κ2) is 5.98. The van der Waals surface area contributed by atoms with Crippen molar-refractivity contribution in [2.24, 2.45) is 0 Å². The van der Waals surface area contributed by atoms with E-state index in [1.54, 1.807) is 16.8 Å². The van der Waals surface area contributed by atoms with Crippen molar-refractivity contribution in [1.82, 2.24) is 9.78 Å². The number of para-hydroxylation sites is 1. The molecule has 5 heteroatoms. The topological polar surface area (TPSA) is 34.9 Å². The van der Waals surface area contributed by atoms with Crippen LogP contribution in [0, 0.1) is 5.82 Å². The zero-order valence-electron chi connectivity index (χ0n) is 12.7. The fraction of sp³-hybridized carbons (Fsp3) is 0.158. The molecular formula is C19H14BrFN2O. The molecule has 0 bridgehead atoms. The Morgan fingerprint density at radius 3 is 2.50 bits per heavy atom. The molecule has 0 saturated heterocycles. The maximum absolute atomic E-state index is 13.3. The van der Waals surface area contributed by atoms with Crippen LogP contribution >= 0.6 is 15.9 Å². The molecule has 0 N–H and O–H groups in total. The number of nitrogens with zero attached hydrogens (tertiary/aromatic N) is 2. The van der Waals surface area contributed by atoms with Crippen LogP contribution in [0.15, 0.2) is 54.6 Å². The summed E-state index contributed by atoms with van der Waals surface area (Å²) in [6.45, 7) is 0. The maximum atomic E-state index is 13.3. The summed E-state index contributed by atoms with van der Waals surface area (Å²) in [5.41, 5.74) is 3.83. The summed E-state index contributed by atoms with van der Waals surface area (Å²) in [7, 11) is 0. The number of carbonyl (C=O) groups is 1. The van der Waals surface area contributed by atoms with Crippen LogP contribution in [0.2, 0.25) is 0 Å². The number of hydrogen-bond acceptors (Lipinski definition) is 2. The number of carbonyl (C=O) groups excluding carboxylic acids is 1. The first kappa shape index (κ1) is 15.3. The van der Waals surface area contributed by atoms with E-state index in [-0.39, 0.29) is 16.4 Å². The number of alkyl halides is 1. The molecule has 0 amide bonds. The van der Waals surface area contributed by atoms with E-state index in [0.29, 0.717) is 5.56 Å². The fourth-order valence-corrected chi connectivity index (χ4v) is 3.54. The van der Waals surface area contributed by atoms with Crippen molar-refractivity contribution in [1.29, 1.82) is 0 Å². The molecule has 0 spiro atoms. The van der Waals surface area contributed by atoms with Crippen LogP contribution in [0.1, 0.15) is 22.5 Å². The molecule has 3 nitrogen and oxygen atoms in total. The predicted molar refractivity (Wildman–Crippen MR) is 94.3 cm³/mol. The van der Waals surface area contributed by atoms with Crippen molar-refractivity contribution in [2.45, 2.75) is 17.7 Å². The highest BCUT2D eigenvalue weighted by molar-refractivity contribution is 9.10. The van der Waals surface area contributed by atoms with Crippen LogP contribution < -0.4 is 0 Å². The molecule has 4 rings (SSSR count). The van der Waals surface area contributed by atoms with Gasteiger partial charge in [-0.1, -0.05) is 34.1 Å². The number of hydrogen-bond donors (Lipinski definition) is 0. The lowest BCUT2D eigenvalue weighted by atomic mass is 9.92. The quantitative estimate of drug-likeness (QED) is 0.606. The summed E-state index contributed by atoms with van der Waals surface area (Å²) in [6, 6.07) is 15.9. The van der Waals surface area contributed by atoms with Crippen molar-refractivity contribution in [3.63, 3.8) is 0 Å². The third kappa shape index (κ3) is 2.49. The lowest BCUT2D eigenvalue weighted by Crippen LogP contribution is -2.22. The molecule has 1 aromatic heterocycles. The summed E-state index contributed by atoms with van der Waals surface area (Å²) < 4.78 is 15.1. The number of fused-ring (bicyclic) bond motifs is 1. The average molecular weight is 385 g/mol. The molecule has 0 aliphatic heterocycles. The predicted octanol–water partition coefficient (Wildman–Crippen LogP) is 4.57. The van der Waals surface area contributed by atoms with Gasteiger partial charge in [0, 0.05) is 5.56 Å². The van der Waals surface area contributed by atoms with E-state index in [1.807, 2.05) is 30.3 Å². The number of aromatic nitrogens is 2. The van der Waals surface area contributed by atoms with E-state index in [9.17, 15) is 9.18 Å². The molecule has 1 aliphatic carbocycles. The number of halogens is 2. The van der Waals surface area contributed by atoms with Gasteiger partial charge in [0.2, 0.25) is 0 Å². The molecule has 1 unspecified atom stereocenters. The van der Waals surface area contributed by atoms with Crippen LogP contribution in [0.25, 0.3) is 16.9 Å². The molecule has 0 radical (unpaired) electrons.